The third-order valence-electron chi connectivity index (χ3n) is 2.89. The molecule has 1 rings (SSSR count). The van der Waals surface area contributed by atoms with Gasteiger partial charge in [0.1, 0.15) is 11.6 Å². The van der Waals surface area contributed by atoms with Gasteiger partial charge in [0, 0.05) is 12.6 Å². The van der Waals surface area contributed by atoms with Crippen molar-refractivity contribution in [3.8, 4) is 5.75 Å². The van der Waals surface area contributed by atoms with Crippen molar-refractivity contribution in [2.45, 2.75) is 25.4 Å². The molecule has 0 saturated heterocycles. The highest BCUT2D eigenvalue weighted by atomic mass is 19.1. The number of phenolic OH excluding ortho intramolecular Hbond substituents is 1. The standard InChI is InChI=1S/C12H18FNO3/c1-2-12(7-15,8-16)14-6-9-3-10(13)5-11(17)4-9/h3-5,14-17H,2,6-8H2,1H3. The van der Waals surface area contributed by atoms with E-state index in [1.165, 1.54) is 12.1 Å². The van der Waals surface area contributed by atoms with Crippen molar-refractivity contribution >= 4 is 0 Å². The Balaban J connectivity index is 2.71. The zero-order chi connectivity index (χ0) is 12.9. The van der Waals surface area contributed by atoms with Gasteiger partial charge in [0.25, 0.3) is 0 Å². The number of hydrogen-bond donors (Lipinski definition) is 4. The molecular weight excluding hydrogens is 225 g/mol. The molecule has 4 nitrogen and oxygen atoms in total. The highest BCUT2D eigenvalue weighted by Gasteiger charge is 2.25. The summed E-state index contributed by atoms with van der Waals surface area (Å²) in [6.07, 6.45) is 0.543. The lowest BCUT2D eigenvalue weighted by Crippen LogP contribution is -2.50. The minimum atomic E-state index is -0.776. The van der Waals surface area contributed by atoms with Crippen LogP contribution in [0.25, 0.3) is 0 Å². The first-order chi connectivity index (χ1) is 8.05. The van der Waals surface area contributed by atoms with Crippen LogP contribution in [0.2, 0.25) is 0 Å². The Hall–Kier alpha value is -1.17. The van der Waals surface area contributed by atoms with E-state index in [9.17, 15) is 19.7 Å². The van der Waals surface area contributed by atoms with Crippen molar-refractivity contribution < 1.29 is 19.7 Å². The molecule has 4 N–H and O–H groups in total. The molecule has 0 spiro atoms. The van der Waals surface area contributed by atoms with E-state index in [0.29, 0.717) is 12.0 Å². The number of halogens is 1. The summed E-state index contributed by atoms with van der Waals surface area (Å²) in [5.41, 5.74) is -0.218. The average Bonchev–Trinajstić information content (AvgIpc) is 2.30. The van der Waals surface area contributed by atoms with Crippen LogP contribution in [0.4, 0.5) is 4.39 Å². The normalized spacial score (nSPS) is 11.8. The van der Waals surface area contributed by atoms with Crippen LogP contribution in [0, 0.1) is 5.82 Å². The lowest BCUT2D eigenvalue weighted by Gasteiger charge is -2.29. The Morgan fingerprint density at radius 1 is 1.24 bits per heavy atom. The molecule has 1 aromatic rings. The van der Waals surface area contributed by atoms with Gasteiger partial charge in [-0.15, -0.1) is 0 Å². The highest BCUT2D eigenvalue weighted by molar-refractivity contribution is 5.28. The van der Waals surface area contributed by atoms with E-state index in [1.807, 2.05) is 6.92 Å². The largest absolute Gasteiger partial charge is 0.508 e. The summed E-state index contributed by atoms with van der Waals surface area (Å²) in [6.45, 7) is 1.69. The molecule has 0 unspecified atom stereocenters. The monoisotopic (exact) mass is 243 g/mol. The van der Waals surface area contributed by atoms with E-state index < -0.39 is 11.4 Å². The number of aliphatic hydroxyl groups excluding tert-OH is 2. The van der Waals surface area contributed by atoms with Gasteiger partial charge in [-0.2, -0.15) is 0 Å². The number of rotatable bonds is 6. The van der Waals surface area contributed by atoms with Crippen LogP contribution >= 0.6 is 0 Å². The fourth-order valence-corrected chi connectivity index (χ4v) is 1.54. The van der Waals surface area contributed by atoms with Gasteiger partial charge in [-0.3, -0.25) is 0 Å². The molecular formula is C12H18FNO3. The van der Waals surface area contributed by atoms with Crippen LogP contribution < -0.4 is 5.32 Å². The van der Waals surface area contributed by atoms with Gasteiger partial charge in [0.15, 0.2) is 0 Å². The van der Waals surface area contributed by atoms with Crippen LogP contribution in [-0.4, -0.2) is 34.1 Å². The fourth-order valence-electron chi connectivity index (χ4n) is 1.54. The summed E-state index contributed by atoms with van der Waals surface area (Å²) in [5.74, 6) is -0.659. The van der Waals surface area contributed by atoms with Crippen molar-refractivity contribution in [2.75, 3.05) is 13.2 Å². The van der Waals surface area contributed by atoms with Crippen LogP contribution in [0.15, 0.2) is 18.2 Å². The highest BCUT2D eigenvalue weighted by Crippen LogP contribution is 2.16. The van der Waals surface area contributed by atoms with Crippen molar-refractivity contribution in [1.29, 1.82) is 0 Å². The van der Waals surface area contributed by atoms with Gasteiger partial charge >= 0.3 is 0 Å². The molecule has 0 aliphatic heterocycles. The van der Waals surface area contributed by atoms with E-state index in [-0.39, 0.29) is 25.5 Å². The summed E-state index contributed by atoms with van der Waals surface area (Å²) in [4.78, 5) is 0. The third-order valence-corrected chi connectivity index (χ3v) is 2.89. The van der Waals surface area contributed by atoms with Gasteiger partial charge in [0.05, 0.1) is 18.8 Å². The van der Waals surface area contributed by atoms with Gasteiger partial charge in [0.2, 0.25) is 0 Å². The summed E-state index contributed by atoms with van der Waals surface area (Å²) in [5, 5.41) is 30.6. The second kappa shape index (κ2) is 5.95. The maximum absolute atomic E-state index is 13.0. The number of aliphatic hydroxyl groups is 2. The number of hydrogen-bond acceptors (Lipinski definition) is 4. The minimum absolute atomic E-state index is 0.142. The van der Waals surface area contributed by atoms with E-state index >= 15 is 0 Å². The number of phenols is 1. The summed E-state index contributed by atoms with van der Waals surface area (Å²) < 4.78 is 13.0. The predicted molar refractivity (Wildman–Crippen MR) is 62.1 cm³/mol. The molecule has 1 aromatic carbocycles. The molecule has 0 radical (unpaired) electrons. The number of aromatic hydroxyl groups is 1. The molecule has 5 heteroatoms. The third kappa shape index (κ3) is 3.66. The topological polar surface area (TPSA) is 72.7 Å². The first kappa shape index (κ1) is 13.9. The smallest absolute Gasteiger partial charge is 0.127 e. The summed E-state index contributed by atoms with van der Waals surface area (Å²) >= 11 is 0. The molecule has 0 bridgehead atoms. The van der Waals surface area contributed by atoms with Crippen molar-refractivity contribution in [3.05, 3.63) is 29.6 Å². The zero-order valence-electron chi connectivity index (χ0n) is 9.78. The fraction of sp³-hybridized carbons (Fsp3) is 0.500. The van der Waals surface area contributed by atoms with Crippen LogP contribution in [0.3, 0.4) is 0 Å². The quantitative estimate of drug-likeness (QED) is 0.595. The summed E-state index contributed by atoms with van der Waals surface area (Å²) in [7, 11) is 0. The Labute approximate surface area is 99.7 Å². The molecule has 0 fully saturated rings. The van der Waals surface area contributed by atoms with Crippen molar-refractivity contribution in [1.82, 2.24) is 5.32 Å². The first-order valence-electron chi connectivity index (χ1n) is 5.50. The first-order valence-corrected chi connectivity index (χ1v) is 5.50. The van der Waals surface area contributed by atoms with Crippen LogP contribution in [0.1, 0.15) is 18.9 Å². The lowest BCUT2D eigenvalue weighted by molar-refractivity contribution is 0.0864. The van der Waals surface area contributed by atoms with E-state index in [0.717, 1.165) is 6.07 Å². The lowest BCUT2D eigenvalue weighted by atomic mass is 9.98. The molecule has 0 aromatic heterocycles. The Kier molecular flexibility index (Phi) is 4.86. The second-order valence-corrected chi connectivity index (χ2v) is 4.12. The number of nitrogens with one attached hydrogen (secondary N) is 1. The maximum Gasteiger partial charge on any atom is 0.127 e. The SMILES string of the molecule is CCC(CO)(CO)NCc1cc(O)cc(F)c1. The van der Waals surface area contributed by atoms with E-state index in [1.54, 1.807) is 0 Å². The van der Waals surface area contributed by atoms with Gasteiger partial charge in [-0.05, 0) is 24.1 Å². The van der Waals surface area contributed by atoms with Gasteiger partial charge in [-0.1, -0.05) is 6.92 Å². The molecule has 96 valence electrons. The zero-order valence-corrected chi connectivity index (χ0v) is 9.78. The summed E-state index contributed by atoms with van der Waals surface area (Å²) in [6, 6.07) is 3.75. The van der Waals surface area contributed by atoms with Crippen molar-refractivity contribution in [3.63, 3.8) is 0 Å². The minimum Gasteiger partial charge on any atom is -0.508 e. The molecule has 0 atom stereocenters. The molecule has 0 aliphatic rings. The van der Waals surface area contributed by atoms with E-state index in [4.69, 9.17) is 0 Å². The second-order valence-electron chi connectivity index (χ2n) is 4.12. The molecule has 17 heavy (non-hydrogen) atoms. The molecule has 0 saturated carbocycles. The Bertz CT molecular complexity index is 338. The van der Waals surface area contributed by atoms with Gasteiger partial charge < -0.3 is 20.6 Å². The van der Waals surface area contributed by atoms with Crippen LogP contribution in [0.5, 0.6) is 5.75 Å². The Morgan fingerprint density at radius 3 is 2.35 bits per heavy atom. The maximum atomic E-state index is 13.0. The Morgan fingerprint density at radius 2 is 1.88 bits per heavy atom. The van der Waals surface area contributed by atoms with Crippen molar-refractivity contribution in [2.24, 2.45) is 0 Å². The van der Waals surface area contributed by atoms with E-state index in [2.05, 4.69) is 5.32 Å². The molecule has 0 amide bonds. The molecule has 0 heterocycles. The number of benzene rings is 1. The van der Waals surface area contributed by atoms with Gasteiger partial charge in [-0.25, -0.2) is 4.39 Å². The molecule has 0 aliphatic carbocycles. The predicted octanol–water partition coefficient (Wildman–Crippen LogP) is 0.754. The average molecular weight is 243 g/mol. The van der Waals surface area contributed by atoms with Crippen LogP contribution in [-0.2, 0) is 6.54 Å².